The molecule has 2 aromatic rings. The summed E-state index contributed by atoms with van der Waals surface area (Å²) >= 11 is 0. The van der Waals surface area contributed by atoms with E-state index in [2.05, 4.69) is 5.32 Å². The van der Waals surface area contributed by atoms with E-state index in [0.29, 0.717) is 24.9 Å². The Morgan fingerprint density at radius 2 is 1.93 bits per heavy atom. The molecular formula is C20H19F4NO2. The lowest BCUT2D eigenvalue weighted by Gasteiger charge is -2.31. The van der Waals surface area contributed by atoms with E-state index < -0.39 is 17.7 Å². The van der Waals surface area contributed by atoms with Crippen LogP contribution in [0, 0.1) is 5.82 Å². The van der Waals surface area contributed by atoms with Gasteiger partial charge in [-0.1, -0.05) is 30.3 Å². The number of esters is 1. The predicted molar refractivity (Wildman–Crippen MR) is 91.7 cm³/mol. The summed E-state index contributed by atoms with van der Waals surface area (Å²) in [6.07, 6.45) is -4.04. The van der Waals surface area contributed by atoms with Gasteiger partial charge in [-0.15, -0.1) is 0 Å². The zero-order chi connectivity index (χ0) is 19.7. The SMILES string of the molecule is C[C@@]1(OC(=O)C(F)(F)F)CNCCc2ccc(Cc3cccc(F)c3)cc21. The van der Waals surface area contributed by atoms with E-state index in [9.17, 15) is 22.4 Å². The molecule has 3 nitrogen and oxygen atoms in total. The lowest BCUT2D eigenvalue weighted by Crippen LogP contribution is -2.42. The molecule has 0 unspecified atom stereocenters. The molecule has 144 valence electrons. The Morgan fingerprint density at radius 1 is 1.19 bits per heavy atom. The Hall–Kier alpha value is -2.41. The minimum absolute atomic E-state index is 0.0746. The van der Waals surface area contributed by atoms with Crippen LogP contribution in [0.4, 0.5) is 17.6 Å². The zero-order valence-corrected chi connectivity index (χ0v) is 14.7. The van der Waals surface area contributed by atoms with Gasteiger partial charge in [-0.05, 0) is 55.1 Å². The van der Waals surface area contributed by atoms with Crippen LogP contribution in [-0.2, 0) is 28.0 Å². The van der Waals surface area contributed by atoms with Gasteiger partial charge in [0.05, 0.1) is 0 Å². The first-order valence-corrected chi connectivity index (χ1v) is 8.55. The molecule has 1 heterocycles. The largest absolute Gasteiger partial charge is 0.490 e. The van der Waals surface area contributed by atoms with Crippen molar-refractivity contribution in [1.29, 1.82) is 0 Å². The second-order valence-electron chi connectivity index (χ2n) is 6.84. The van der Waals surface area contributed by atoms with Crippen molar-refractivity contribution in [3.05, 3.63) is 70.5 Å². The van der Waals surface area contributed by atoms with Crippen LogP contribution in [0.3, 0.4) is 0 Å². The number of carbonyl (C=O) groups excluding carboxylic acids is 1. The summed E-state index contributed by atoms with van der Waals surface area (Å²) in [5.41, 5.74) is 1.46. The summed E-state index contributed by atoms with van der Waals surface area (Å²) in [5.74, 6) is -2.56. The van der Waals surface area contributed by atoms with Crippen LogP contribution in [0.1, 0.15) is 29.2 Å². The summed E-state index contributed by atoms with van der Waals surface area (Å²) in [5, 5.41) is 3.02. The number of alkyl halides is 3. The third-order valence-electron chi connectivity index (χ3n) is 4.62. The lowest BCUT2D eigenvalue weighted by atomic mass is 9.88. The molecule has 2 aromatic carbocycles. The van der Waals surface area contributed by atoms with Gasteiger partial charge in [-0.2, -0.15) is 13.2 Å². The van der Waals surface area contributed by atoms with E-state index in [1.54, 1.807) is 18.2 Å². The molecule has 1 N–H and O–H groups in total. The van der Waals surface area contributed by atoms with Crippen molar-refractivity contribution < 1.29 is 27.1 Å². The molecule has 0 saturated heterocycles. The summed E-state index contributed by atoms with van der Waals surface area (Å²) in [6, 6.07) is 11.6. The van der Waals surface area contributed by atoms with Crippen molar-refractivity contribution in [1.82, 2.24) is 5.32 Å². The number of nitrogens with one attached hydrogen (secondary N) is 1. The number of rotatable bonds is 3. The molecule has 0 fully saturated rings. The quantitative estimate of drug-likeness (QED) is 0.648. The van der Waals surface area contributed by atoms with Gasteiger partial charge in [-0.25, -0.2) is 9.18 Å². The number of hydrogen-bond donors (Lipinski definition) is 1. The second kappa shape index (κ2) is 7.31. The smallest absolute Gasteiger partial charge is 0.446 e. The molecule has 0 aliphatic carbocycles. The molecule has 7 heteroatoms. The van der Waals surface area contributed by atoms with E-state index in [1.165, 1.54) is 19.1 Å². The van der Waals surface area contributed by atoms with Crippen LogP contribution in [0.25, 0.3) is 0 Å². The normalized spacial score (nSPS) is 19.9. The van der Waals surface area contributed by atoms with E-state index in [-0.39, 0.29) is 12.4 Å². The van der Waals surface area contributed by atoms with Gasteiger partial charge in [0.15, 0.2) is 0 Å². The van der Waals surface area contributed by atoms with Gasteiger partial charge in [0.1, 0.15) is 11.4 Å². The van der Waals surface area contributed by atoms with Crippen molar-refractivity contribution >= 4 is 5.97 Å². The van der Waals surface area contributed by atoms with Crippen LogP contribution in [-0.4, -0.2) is 25.2 Å². The van der Waals surface area contributed by atoms with Crippen LogP contribution in [0.2, 0.25) is 0 Å². The molecule has 1 atom stereocenters. The summed E-state index contributed by atoms with van der Waals surface area (Å²) in [4.78, 5) is 11.5. The average Bonchev–Trinajstić information content (AvgIpc) is 2.74. The maximum Gasteiger partial charge on any atom is 0.490 e. The minimum Gasteiger partial charge on any atom is -0.446 e. The minimum atomic E-state index is -5.06. The van der Waals surface area contributed by atoms with Gasteiger partial charge in [0.2, 0.25) is 0 Å². The molecule has 0 radical (unpaired) electrons. The molecule has 3 rings (SSSR count). The van der Waals surface area contributed by atoms with Gasteiger partial charge >= 0.3 is 12.1 Å². The maximum absolute atomic E-state index is 13.4. The van der Waals surface area contributed by atoms with Crippen LogP contribution in [0.5, 0.6) is 0 Å². The number of halogens is 4. The van der Waals surface area contributed by atoms with Crippen molar-refractivity contribution in [2.24, 2.45) is 0 Å². The number of carbonyl (C=O) groups is 1. The lowest BCUT2D eigenvalue weighted by molar-refractivity contribution is -0.213. The highest BCUT2D eigenvalue weighted by molar-refractivity contribution is 5.76. The van der Waals surface area contributed by atoms with Gasteiger partial charge in [0, 0.05) is 12.1 Å². The van der Waals surface area contributed by atoms with E-state index in [1.807, 2.05) is 12.1 Å². The Kier molecular flexibility index (Phi) is 5.24. The predicted octanol–water partition coefficient (Wildman–Crippen LogP) is 3.88. The van der Waals surface area contributed by atoms with E-state index >= 15 is 0 Å². The summed E-state index contributed by atoms with van der Waals surface area (Å²) < 4.78 is 56.5. The van der Waals surface area contributed by atoms with Crippen molar-refractivity contribution in [2.45, 2.75) is 31.5 Å². The molecular weight excluding hydrogens is 362 g/mol. The Balaban J connectivity index is 1.95. The fourth-order valence-electron chi connectivity index (χ4n) is 3.33. The number of hydrogen-bond acceptors (Lipinski definition) is 3. The molecule has 0 spiro atoms. The van der Waals surface area contributed by atoms with E-state index in [0.717, 1.165) is 16.7 Å². The topological polar surface area (TPSA) is 38.3 Å². The summed E-state index contributed by atoms with van der Waals surface area (Å²) in [6.45, 7) is 2.11. The highest BCUT2D eigenvalue weighted by Gasteiger charge is 2.46. The second-order valence-corrected chi connectivity index (χ2v) is 6.84. The molecule has 0 amide bonds. The van der Waals surface area contributed by atoms with Crippen molar-refractivity contribution in [2.75, 3.05) is 13.1 Å². The molecule has 0 bridgehead atoms. The fraction of sp³-hybridized carbons (Fsp3) is 0.350. The van der Waals surface area contributed by atoms with Crippen LogP contribution < -0.4 is 5.32 Å². The molecule has 1 aliphatic rings. The molecule has 27 heavy (non-hydrogen) atoms. The fourth-order valence-corrected chi connectivity index (χ4v) is 3.33. The average molecular weight is 381 g/mol. The third kappa shape index (κ3) is 4.47. The van der Waals surface area contributed by atoms with Crippen molar-refractivity contribution in [3.63, 3.8) is 0 Å². The number of fused-ring (bicyclic) bond motifs is 1. The Morgan fingerprint density at radius 3 is 2.63 bits per heavy atom. The maximum atomic E-state index is 13.4. The third-order valence-corrected chi connectivity index (χ3v) is 4.62. The Labute approximate surface area is 154 Å². The molecule has 0 saturated carbocycles. The Bertz CT molecular complexity index is 850. The van der Waals surface area contributed by atoms with Crippen molar-refractivity contribution in [3.8, 4) is 0 Å². The molecule has 1 aliphatic heterocycles. The highest BCUT2D eigenvalue weighted by Crippen LogP contribution is 2.34. The van der Waals surface area contributed by atoms with E-state index in [4.69, 9.17) is 4.74 Å². The van der Waals surface area contributed by atoms with Crippen LogP contribution in [0.15, 0.2) is 42.5 Å². The number of ether oxygens (including phenoxy) is 1. The first-order valence-electron chi connectivity index (χ1n) is 8.55. The standard InChI is InChI=1S/C20H19F4NO2/c1-19(27-18(26)20(22,23)24)12-25-8-7-15-6-5-14(11-17(15)19)9-13-3-2-4-16(21)10-13/h2-6,10-11,25H,7-9,12H2,1H3/t19-/m1/s1. The van der Waals surface area contributed by atoms with Gasteiger partial charge in [-0.3, -0.25) is 0 Å². The first-order chi connectivity index (χ1) is 12.7. The highest BCUT2D eigenvalue weighted by atomic mass is 19.4. The zero-order valence-electron chi connectivity index (χ0n) is 14.7. The number of benzene rings is 2. The van der Waals surface area contributed by atoms with Gasteiger partial charge < -0.3 is 10.1 Å². The monoisotopic (exact) mass is 381 g/mol. The van der Waals surface area contributed by atoms with Crippen LogP contribution >= 0.6 is 0 Å². The summed E-state index contributed by atoms with van der Waals surface area (Å²) in [7, 11) is 0. The van der Waals surface area contributed by atoms with Gasteiger partial charge in [0.25, 0.3) is 0 Å². The first kappa shape index (κ1) is 19.4. The molecule has 0 aromatic heterocycles.